The number of halogens is 2. The van der Waals surface area contributed by atoms with Crippen molar-refractivity contribution >= 4 is 47.6 Å². The van der Waals surface area contributed by atoms with Crippen LogP contribution in [-0.4, -0.2) is 54.6 Å². The molecule has 0 aromatic heterocycles. The van der Waals surface area contributed by atoms with E-state index in [1.807, 2.05) is 13.8 Å². The second kappa shape index (κ2) is 14.6. The Hall–Kier alpha value is -3.27. The molecule has 9 nitrogen and oxygen atoms in total. The molecule has 0 saturated carbocycles. The van der Waals surface area contributed by atoms with Crippen LogP contribution in [0.15, 0.2) is 24.3 Å². The van der Waals surface area contributed by atoms with Gasteiger partial charge >= 0.3 is 0 Å². The Bertz CT molecular complexity index is 1060. The highest BCUT2D eigenvalue weighted by atomic mass is 35.5. The number of amides is 4. The van der Waals surface area contributed by atoms with Crippen molar-refractivity contribution in [1.29, 1.82) is 0 Å². The van der Waals surface area contributed by atoms with E-state index in [1.165, 1.54) is 18.2 Å². The summed E-state index contributed by atoms with van der Waals surface area (Å²) in [5.41, 5.74) is 0.156. The van der Waals surface area contributed by atoms with Gasteiger partial charge in [0.15, 0.2) is 0 Å². The molecule has 0 spiro atoms. The summed E-state index contributed by atoms with van der Waals surface area (Å²) in [6, 6.07) is 1.23. The predicted molar refractivity (Wildman–Crippen MR) is 142 cm³/mol. The standard InChI is InChI=1S/C27H36ClFN4O5/c1-15(2)11-22(26(37)31-20(14-34)12-18-9-10-30-25(18)36)32-27(38)24(16(3)4)33-23(35)8-6-17-5-7-19(28)13-21(17)29/h5-8,13-16,18,20,22,24H,9-12H2,1-4H3,(H,30,36)(H,31,37)(H,32,38)(H,33,35)/b8-6+/t18-,20-,22-,24-/m0/s1. The van der Waals surface area contributed by atoms with Gasteiger partial charge in [0.05, 0.1) is 6.04 Å². The lowest BCUT2D eigenvalue weighted by Gasteiger charge is -2.27. The van der Waals surface area contributed by atoms with E-state index in [9.17, 15) is 28.4 Å². The van der Waals surface area contributed by atoms with Crippen molar-refractivity contribution in [2.24, 2.45) is 17.8 Å². The molecule has 1 aromatic rings. The Labute approximate surface area is 227 Å². The molecular weight excluding hydrogens is 515 g/mol. The fourth-order valence-electron chi connectivity index (χ4n) is 4.11. The highest BCUT2D eigenvalue weighted by Gasteiger charge is 2.32. The van der Waals surface area contributed by atoms with Crippen molar-refractivity contribution in [1.82, 2.24) is 21.3 Å². The van der Waals surface area contributed by atoms with Crippen molar-refractivity contribution in [3.05, 3.63) is 40.7 Å². The van der Waals surface area contributed by atoms with Gasteiger partial charge in [-0.1, -0.05) is 45.4 Å². The van der Waals surface area contributed by atoms with E-state index in [-0.39, 0.29) is 40.7 Å². The third-order valence-electron chi connectivity index (χ3n) is 6.16. The molecule has 0 aliphatic carbocycles. The molecule has 4 N–H and O–H groups in total. The summed E-state index contributed by atoms with van der Waals surface area (Å²) in [6.07, 6.45) is 4.03. The minimum atomic E-state index is -0.978. The van der Waals surface area contributed by atoms with Gasteiger partial charge in [-0.05, 0) is 49.3 Å². The molecule has 1 saturated heterocycles. The lowest BCUT2D eigenvalue weighted by Crippen LogP contribution is -2.56. The van der Waals surface area contributed by atoms with Crippen LogP contribution in [0.2, 0.25) is 5.02 Å². The first-order valence-electron chi connectivity index (χ1n) is 12.7. The van der Waals surface area contributed by atoms with Crippen molar-refractivity contribution in [3.8, 4) is 0 Å². The zero-order valence-corrected chi connectivity index (χ0v) is 22.8. The number of nitrogens with one attached hydrogen (secondary N) is 4. The number of aldehydes is 1. The maximum Gasteiger partial charge on any atom is 0.244 e. The number of benzene rings is 1. The van der Waals surface area contributed by atoms with Gasteiger partial charge in [0.2, 0.25) is 23.6 Å². The molecule has 2 rings (SSSR count). The van der Waals surface area contributed by atoms with Crippen LogP contribution >= 0.6 is 11.6 Å². The zero-order chi connectivity index (χ0) is 28.4. The van der Waals surface area contributed by atoms with Crippen molar-refractivity contribution < 1.29 is 28.4 Å². The summed E-state index contributed by atoms with van der Waals surface area (Å²) in [5, 5.41) is 10.9. The number of hydrogen-bond acceptors (Lipinski definition) is 5. The molecule has 4 atom stereocenters. The zero-order valence-electron chi connectivity index (χ0n) is 22.1. The van der Waals surface area contributed by atoms with Crippen LogP contribution in [-0.2, 0) is 24.0 Å². The number of hydrogen-bond donors (Lipinski definition) is 4. The Morgan fingerprint density at radius 3 is 2.39 bits per heavy atom. The normalized spacial score (nSPS) is 17.7. The second-order valence-corrected chi connectivity index (χ2v) is 10.6. The summed E-state index contributed by atoms with van der Waals surface area (Å²) in [6.45, 7) is 7.77. The molecule has 38 heavy (non-hydrogen) atoms. The first-order valence-corrected chi connectivity index (χ1v) is 13.1. The maximum absolute atomic E-state index is 14.0. The van der Waals surface area contributed by atoms with E-state index in [1.54, 1.807) is 13.8 Å². The molecule has 0 bridgehead atoms. The highest BCUT2D eigenvalue weighted by Crippen LogP contribution is 2.17. The lowest BCUT2D eigenvalue weighted by atomic mass is 9.97. The van der Waals surface area contributed by atoms with Gasteiger partial charge in [-0.3, -0.25) is 19.2 Å². The van der Waals surface area contributed by atoms with Crippen LogP contribution in [0.3, 0.4) is 0 Å². The van der Waals surface area contributed by atoms with Crippen LogP contribution in [0.4, 0.5) is 4.39 Å². The van der Waals surface area contributed by atoms with Crippen LogP contribution < -0.4 is 21.3 Å². The maximum atomic E-state index is 14.0. The molecule has 0 radical (unpaired) electrons. The fourth-order valence-corrected chi connectivity index (χ4v) is 4.27. The molecular formula is C27H36ClFN4O5. The molecule has 1 aliphatic heterocycles. The monoisotopic (exact) mass is 550 g/mol. The second-order valence-electron chi connectivity index (χ2n) is 10.2. The van der Waals surface area contributed by atoms with Gasteiger partial charge in [0.1, 0.15) is 24.2 Å². The molecule has 11 heteroatoms. The predicted octanol–water partition coefficient (Wildman–Crippen LogP) is 2.37. The summed E-state index contributed by atoms with van der Waals surface area (Å²) < 4.78 is 14.0. The van der Waals surface area contributed by atoms with Gasteiger partial charge in [-0.15, -0.1) is 0 Å². The van der Waals surface area contributed by atoms with E-state index >= 15 is 0 Å². The quantitative estimate of drug-likeness (QED) is 0.221. The minimum absolute atomic E-state index is 0.0330. The highest BCUT2D eigenvalue weighted by molar-refractivity contribution is 6.30. The van der Waals surface area contributed by atoms with E-state index in [2.05, 4.69) is 21.3 Å². The topological polar surface area (TPSA) is 133 Å². The third-order valence-corrected chi connectivity index (χ3v) is 6.39. The average molecular weight is 551 g/mol. The molecule has 4 amide bonds. The summed E-state index contributed by atoms with van der Waals surface area (Å²) in [4.78, 5) is 62.1. The number of carbonyl (C=O) groups is 5. The van der Waals surface area contributed by atoms with Gasteiger partial charge in [0, 0.05) is 29.1 Å². The largest absolute Gasteiger partial charge is 0.356 e. The van der Waals surface area contributed by atoms with Gasteiger partial charge in [-0.2, -0.15) is 0 Å². The van der Waals surface area contributed by atoms with E-state index in [4.69, 9.17) is 11.6 Å². The number of rotatable bonds is 13. The van der Waals surface area contributed by atoms with Gasteiger partial charge in [0.25, 0.3) is 0 Å². The summed E-state index contributed by atoms with van der Waals surface area (Å²) >= 11 is 5.74. The lowest BCUT2D eigenvalue weighted by molar-refractivity contribution is -0.133. The van der Waals surface area contributed by atoms with E-state index < -0.39 is 41.7 Å². The van der Waals surface area contributed by atoms with Crippen LogP contribution in [0, 0.1) is 23.6 Å². The average Bonchev–Trinajstić information content (AvgIpc) is 3.24. The summed E-state index contributed by atoms with van der Waals surface area (Å²) in [5.74, 6) is -3.14. The molecule has 208 valence electrons. The van der Waals surface area contributed by atoms with Crippen molar-refractivity contribution in [2.75, 3.05) is 6.54 Å². The minimum Gasteiger partial charge on any atom is -0.356 e. The summed E-state index contributed by atoms with van der Waals surface area (Å²) in [7, 11) is 0. The molecule has 0 unspecified atom stereocenters. The number of carbonyl (C=O) groups excluding carboxylic acids is 5. The molecule has 1 fully saturated rings. The van der Waals surface area contributed by atoms with Gasteiger partial charge in [-0.25, -0.2) is 4.39 Å². The first kappa shape index (κ1) is 31.0. The molecule has 1 aromatic carbocycles. The van der Waals surface area contributed by atoms with Crippen LogP contribution in [0.5, 0.6) is 0 Å². The molecule has 1 heterocycles. The smallest absolute Gasteiger partial charge is 0.244 e. The third kappa shape index (κ3) is 9.55. The SMILES string of the molecule is CC(C)C[C@H](NC(=O)[C@@H](NC(=O)/C=C/c1ccc(Cl)cc1F)C(C)C)C(=O)N[C@H](C=O)C[C@@H]1CCNC1=O. The van der Waals surface area contributed by atoms with Crippen molar-refractivity contribution in [3.63, 3.8) is 0 Å². The fraction of sp³-hybridized carbons (Fsp3) is 0.519. The first-order chi connectivity index (χ1) is 17.9. The Kier molecular flexibility index (Phi) is 11.9. The van der Waals surface area contributed by atoms with Gasteiger partial charge < -0.3 is 26.1 Å². The van der Waals surface area contributed by atoms with E-state index in [0.717, 1.165) is 12.1 Å². The van der Waals surface area contributed by atoms with E-state index in [0.29, 0.717) is 25.7 Å². The molecule has 1 aliphatic rings. The Morgan fingerprint density at radius 2 is 1.84 bits per heavy atom. The Morgan fingerprint density at radius 1 is 1.13 bits per heavy atom. The van der Waals surface area contributed by atoms with Crippen LogP contribution in [0.25, 0.3) is 6.08 Å². The Balaban J connectivity index is 2.06. The van der Waals surface area contributed by atoms with Crippen LogP contribution in [0.1, 0.15) is 52.5 Å². The van der Waals surface area contributed by atoms with Crippen molar-refractivity contribution in [2.45, 2.75) is 65.1 Å².